The Hall–Kier alpha value is -2.37. The van der Waals surface area contributed by atoms with Gasteiger partial charge in [-0.1, -0.05) is 6.07 Å². The van der Waals surface area contributed by atoms with Gasteiger partial charge >= 0.3 is 0 Å². The summed E-state index contributed by atoms with van der Waals surface area (Å²) >= 11 is 0. The van der Waals surface area contributed by atoms with Crippen LogP contribution in [-0.4, -0.2) is 41.8 Å². The van der Waals surface area contributed by atoms with E-state index in [0.717, 1.165) is 12.8 Å². The Morgan fingerprint density at radius 1 is 1.19 bits per heavy atom. The Bertz CT molecular complexity index is 563. The van der Waals surface area contributed by atoms with E-state index in [1.165, 1.54) is 6.07 Å². The molecule has 0 bridgehead atoms. The molecule has 112 valence electrons. The third kappa shape index (κ3) is 3.81. The van der Waals surface area contributed by atoms with Gasteiger partial charge in [-0.25, -0.2) is 0 Å². The van der Waals surface area contributed by atoms with Crippen molar-refractivity contribution in [1.29, 1.82) is 0 Å². The van der Waals surface area contributed by atoms with Crippen molar-refractivity contribution in [2.24, 2.45) is 5.73 Å². The van der Waals surface area contributed by atoms with Crippen molar-refractivity contribution in [2.75, 3.05) is 13.1 Å². The average Bonchev–Trinajstić information content (AvgIpc) is 2.48. The van der Waals surface area contributed by atoms with E-state index in [-0.39, 0.29) is 17.9 Å². The van der Waals surface area contributed by atoms with Gasteiger partial charge < -0.3 is 16.0 Å². The van der Waals surface area contributed by atoms with Crippen LogP contribution < -0.4 is 11.1 Å². The van der Waals surface area contributed by atoms with E-state index < -0.39 is 5.91 Å². The predicted octanol–water partition coefficient (Wildman–Crippen LogP) is 0.526. The minimum Gasteiger partial charge on any atom is -0.366 e. The van der Waals surface area contributed by atoms with Crippen LogP contribution in [0.5, 0.6) is 0 Å². The minimum absolute atomic E-state index is 0.0466. The van der Waals surface area contributed by atoms with Crippen LogP contribution in [0.25, 0.3) is 0 Å². The smallest absolute Gasteiger partial charge is 0.251 e. The van der Waals surface area contributed by atoms with Gasteiger partial charge in [-0.2, -0.15) is 0 Å². The molecule has 2 rings (SSSR count). The van der Waals surface area contributed by atoms with Crippen molar-refractivity contribution in [2.45, 2.75) is 25.8 Å². The second-order valence-corrected chi connectivity index (χ2v) is 5.20. The first-order valence-corrected chi connectivity index (χ1v) is 6.93. The molecule has 3 N–H and O–H groups in total. The third-order valence-corrected chi connectivity index (χ3v) is 3.68. The fraction of sp³-hybridized carbons (Fsp3) is 0.400. The maximum Gasteiger partial charge on any atom is 0.251 e. The summed E-state index contributed by atoms with van der Waals surface area (Å²) in [7, 11) is 0. The standard InChI is InChI=1S/C15H19N3O3/c1-10(19)18-7-5-13(6-8-18)17-15(21)12-4-2-3-11(9-12)14(16)20/h2-4,9,13H,5-8H2,1H3,(H2,16,20)(H,17,21). The van der Waals surface area contributed by atoms with Gasteiger partial charge in [0.05, 0.1) is 0 Å². The maximum absolute atomic E-state index is 12.2. The molecule has 1 aliphatic rings. The molecule has 0 aliphatic carbocycles. The number of likely N-dealkylation sites (tertiary alicyclic amines) is 1. The van der Waals surface area contributed by atoms with Crippen LogP contribution in [0.15, 0.2) is 24.3 Å². The number of nitrogens with two attached hydrogens (primary N) is 1. The van der Waals surface area contributed by atoms with Gasteiger partial charge in [0.1, 0.15) is 0 Å². The van der Waals surface area contributed by atoms with Crippen molar-refractivity contribution in [1.82, 2.24) is 10.2 Å². The average molecular weight is 289 g/mol. The summed E-state index contributed by atoms with van der Waals surface area (Å²) in [5, 5.41) is 2.93. The van der Waals surface area contributed by atoms with Crippen molar-refractivity contribution < 1.29 is 14.4 Å². The summed E-state index contributed by atoms with van der Waals surface area (Å²) < 4.78 is 0. The lowest BCUT2D eigenvalue weighted by Crippen LogP contribution is -2.46. The number of primary amides is 1. The first kappa shape index (κ1) is 15.0. The van der Waals surface area contributed by atoms with Gasteiger partial charge in [0, 0.05) is 37.2 Å². The number of carbonyl (C=O) groups excluding carboxylic acids is 3. The number of hydrogen-bond acceptors (Lipinski definition) is 3. The molecule has 0 aromatic heterocycles. The fourth-order valence-electron chi connectivity index (χ4n) is 2.42. The summed E-state index contributed by atoms with van der Waals surface area (Å²) in [5.74, 6) is -0.715. The monoisotopic (exact) mass is 289 g/mol. The zero-order valence-corrected chi connectivity index (χ0v) is 12.0. The summed E-state index contributed by atoms with van der Waals surface area (Å²) in [4.78, 5) is 36.3. The van der Waals surface area contributed by atoms with Crippen molar-refractivity contribution in [3.8, 4) is 0 Å². The van der Waals surface area contributed by atoms with E-state index in [1.54, 1.807) is 30.0 Å². The van der Waals surface area contributed by atoms with E-state index in [2.05, 4.69) is 5.32 Å². The SMILES string of the molecule is CC(=O)N1CCC(NC(=O)c2cccc(C(N)=O)c2)CC1. The molecule has 1 aliphatic heterocycles. The normalized spacial score (nSPS) is 15.6. The van der Waals surface area contributed by atoms with Crippen LogP contribution in [0.1, 0.15) is 40.5 Å². The molecule has 0 atom stereocenters. The lowest BCUT2D eigenvalue weighted by molar-refractivity contribution is -0.129. The highest BCUT2D eigenvalue weighted by molar-refractivity contribution is 5.99. The number of benzene rings is 1. The van der Waals surface area contributed by atoms with Crippen molar-refractivity contribution in [3.63, 3.8) is 0 Å². The highest BCUT2D eigenvalue weighted by Gasteiger charge is 2.22. The molecule has 0 spiro atoms. The van der Waals surface area contributed by atoms with Crippen LogP contribution in [0.3, 0.4) is 0 Å². The number of nitrogens with zero attached hydrogens (tertiary/aromatic N) is 1. The van der Waals surface area contributed by atoms with Gasteiger partial charge in [0.2, 0.25) is 11.8 Å². The lowest BCUT2D eigenvalue weighted by atomic mass is 10.0. The molecule has 6 nitrogen and oxygen atoms in total. The second kappa shape index (κ2) is 6.39. The molecule has 1 fully saturated rings. The van der Waals surface area contributed by atoms with E-state index in [0.29, 0.717) is 24.2 Å². The van der Waals surface area contributed by atoms with Crippen molar-refractivity contribution in [3.05, 3.63) is 35.4 Å². The van der Waals surface area contributed by atoms with Crippen LogP contribution in [0, 0.1) is 0 Å². The van der Waals surface area contributed by atoms with E-state index >= 15 is 0 Å². The molecule has 1 aromatic rings. The Labute approximate surface area is 123 Å². The van der Waals surface area contributed by atoms with Gasteiger partial charge in [0.25, 0.3) is 5.91 Å². The highest BCUT2D eigenvalue weighted by atomic mass is 16.2. The summed E-state index contributed by atoms with van der Waals surface area (Å²) in [5.41, 5.74) is 5.93. The van der Waals surface area contributed by atoms with E-state index in [4.69, 9.17) is 5.73 Å². The fourth-order valence-corrected chi connectivity index (χ4v) is 2.42. The zero-order valence-electron chi connectivity index (χ0n) is 12.0. The van der Waals surface area contributed by atoms with Crippen LogP contribution in [-0.2, 0) is 4.79 Å². The Morgan fingerprint density at radius 3 is 2.38 bits per heavy atom. The van der Waals surface area contributed by atoms with Crippen LogP contribution in [0.4, 0.5) is 0 Å². The maximum atomic E-state index is 12.2. The molecule has 6 heteroatoms. The Morgan fingerprint density at radius 2 is 1.81 bits per heavy atom. The Balaban J connectivity index is 1.95. The quantitative estimate of drug-likeness (QED) is 0.850. The predicted molar refractivity (Wildman–Crippen MR) is 77.7 cm³/mol. The molecule has 3 amide bonds. The largest absolute Gasteiger partial charge is 0.366 e. The number of piperidine rings is 1. The minimum atomic E-state index is -0.556. The molecule has 1 aromatic carbocycles. The van der Waals surface area contributed by atoms with Crippen LogP contribution in [0.2, 0.25) is 0 Å². The van der Waals surface area contributed by atoms with E-state index in [1.807, 2.05) is 0 Å². The molecular weight excluding hydrogens is 270 g/mol. The van der Waals surface area contributed by atoms with E-state index in [9.17, 15) is 14.4 Å². The first-order chi connectivity index (χ1) is 9.97. The zero-order chi connectivity index (χ0) is 15.4. The highest BCUT2D eigenvalue weighted by Crippen LogP contribution is 2.12. The molecule has 21 heavy (non-hydrogen) atoms. The Kier molecular flexibility index (Phi) is 4.57. The molecule has 0 saturated carbocycles. The molecular formula is C15H19N3O3. The third-order valence-electron chi connectivity index (χ3n) is 3.68. The summed E-state index contributed by atoms with van der Waals surface area (Å²) in [6.07, 6.45) is 1.47. The number of nitrogens with one attached hydrogen (secondary N) is 1. The number of carbonyl (C=O) groups is 3. The number of hydrogen-bond donors (Lipinski definition) is 2. The summed E-state index contributed by atoms with van der Waals surface area (Å²) in [6, 6.07) is 6.39. The van der Waals surface area contributed by atoms with Gasteiger partial charge in [-0.15, -0.1) is 0 Å². The van der Waals surface area contributed by atoms with Gasteiger partial charge in [-0.3, -0.25) is 14.4 Å². The number of rotatable bonds is 3. The van der Waals surface area contributed by atoms with Crippen molar-refractivity contribution >= 4 is 17.7 Å². The lowest BCUT2D eigenvalue weighted by Gasteiger charge is -2.31. The first-order valence-electron chi connectivity index (χ1n) is 6.93. The number of amides is 3. The molecule has 0 unspecified atom stereocenters. The van der Waals surface area contributed by atoms with Gasteiger partial charge in [-0.05, 0) is 31.0 Å². The topological polar surface area (TPSA) is 92.5 Å². The second-order valence-electron chi connectivity index (χ2n) is 5.20. The molecule has 1 heterocycles. The molecule has 1 saturated heterocycles. The summed E-state index contributed by atoms with van der Waals surface area (Å²) in [6.45, 7) is 2.86. The molecule has 0 radical (unpaired) electrons. The van der Waals surface area contributed by atoms with Crippen LogP contribution >= 0.6 is 0 Å². The van der Waals surface area contributed by atoms with Gasteiger partial charge in [0.15, 0.2) is 0 Å².